The zero-order valence-corrected chi connectivity index (χ0v) is 17.1. The third kappa shape index (κ3) is 4.19. The molecule has 0 saturated heterocycles. The van der Waals surface area contributed by atoms with Gasteiger partial charge in [0.25, 0.3) is 0 Å². The van der Waals surface area contributed by atoms with Crippen LogP contribution in [0.25, 0.3) is 5.57 Å². The highest BCUT2D eigenvalue weighted by atomic mass is 19.1. The fraction of sp³-hybridized carbons (Fsp3) is 0.400. The Labute approximate surface area is 167 Å². The van der Waals surface area contributed by atoms with Crippen LogP contribution in [-0.2, 0) is 22.0 Å². The lowest BCUT2D eigenvalue weighted by atomic mass is 9.63. The summed E-state index contributed by atoms with van der Waals surface area (Å²) in [4.78, 5) is 11.5. The van der Waals surface area contributed by atoms with Gasteiger partial charge < -0.3 is 9.90 Å². The zero-order chi connectivity index (χ0) is 20.5. The number of fused-ring (bicyclic) bond motifs is 1. The second-order valence-corrected chi connectivity index (χ2v) is 9.10. The van der Waals surface area contributed by atoms with Gasteiger partial charge in [-0.1, -0.05) is 64.1 Å². The maximum Gasteiger partial charge on any atom is 0.123 e. The van der Waals surface area contributed by atoms with Crippen LogP contribution in [-0.4, -0.2) is 5.97 Å². The van der Waals surface area contributed by atoms with Crippen molar-refractivity contribution >= 4 is 11.5 Å². The van der Waals surface area contributed by atoms with E-state index in [1.54, 1.807) is 6.08 Å². The van der Waals surface area contributed by atoms with Crippen molar-refractivity contribution < 1.29 is 14.3 Å². The molecule has 2 aromatic rings. The average molecular weight is 379 g/mol. The lowest BCUT2D eigenvalue weighted by molar-refractivity contribution is -0.295. The van der Waals surface area contributed by atoms with Crippen LogP contribution in [0.5, 0.6) is 0 Å². The van der Waals surface area contributed by atoms with Crippen molar-refractivity contribution in [3.05, 3.63) is 76.6 Å². The van der Waals surface area contributed by atoms with Crippen LogP contribution in [0.4, 0.5) is 4.39 Å². The molecule has 0 radical (unpaired) electrons. The van der Waals surface area contributed by atoms with Gasteiger partial charge in [-0.05, 0) is 70.9 Å². The fourth-order valence-corrected chi connectivity index (χ4v) is 4.12. The lowest BCUT2D eigenvalue weighted by Crippen LogP contribution is -2.33. The minimum atomic E-state index is -1.24. The van der Waals surface area contributed by atoms with E-state index in [0.29, 0.717) is 12.0 Å². The molecule has 28 heavy (non-hydrogen) atoms. The van der Waals surface area contributed by atoms with Crippen molar-refractivity contribution in [1.82, 2.24) is 0 Å². The number of hydrogen-bond donors (Lipinski definition) is 0. The Bertz CT molecular complexity index is 905. The van der Waals surface area contributed by atoms with Gasteiger partial charge >= 0.3 is 0 Å². The van der Waals surface area contributed by atoms with Crippen molar-refractivity contribution in [3.8, 4) is 0 Å². The summed E-state index contributed by atoms with van der Waals surface area (Å²) in [6, 6.07) is 12.2. The van der Waals surface area contributed by atoms with E-state index >= 15 is 0 Å². The molecular formula is C25H28FO2-. The first-order valence-electron chi connectivity index (χ1n) is 9.91. The third-order valence-corrected chi connectivity index (χ3v) is 6.07. The number of benzene rings is 2. The molecule has 2 nitrogen and oxygen atoms in total. The van der Waals surface area contributed by atoms with E-state index in [9.17, 15) is 14.3 Å². The van der Waals surface area contributed by atoms with Gasteiger partial charge in [0.2, 0.25) is 0 Å². The van der Waals surface area contributed by atoms with Crippen LogP contribution < -0.4 is 5.11 Å². The van der Waals surface area contributed by atoms with Crippen LogP contribution in [0.2, 0.25) is 0 Å². The summed E-state index contributed by atoms with van der Waals surface area (Å²) in [7, 11) is 0. The molecule has 0 atom stereocenters. The summed E-state index contributed by atoms with van der Waals surface area (Å²) in [5, 5.41) is 11.5. The summed E-state index contributed by atoms with van der Waals surface area (Å²) in [5.74, 6) is -1.62. The van der Waals surface area contributed by atoms with E-state index in [2.05, 4.69) is 45.9 Å². The Kier molecular flexibility index (Phi) is 5.47. The Morgan fingerprint density at radius 3 is 2.21 bits per heavy atom. The molecule has 0 saturated carbocycles. The summed E-state index contributed by atoms with van der Waals surface area (Å²) in [6.45, 7) is 9.21. The number of carbonyl (C=O) groups is 1. The minimum Gasteiger partial charge on any atom is -0.545 e. The maximum atomic E-state index is 13.1. The number of hydrogen-bond acceptors (Lipinski definition) is 2. The Morgan fingerprint density at radius 2 is 1.61 bits per heavy atom. The van der Waals surface area contributed by atoms with Crippen molar-refractivity contribution in [1.29, 1.82) is 0 Å². The van der Waals surface area contributed by atoms with Gasteiger partial charge in [0.1, 0.15) is 5.82 Å². The van der Waals surface area contributed by atoms with Crippen molar-refractivity contribution in [3.63, 3.8) is 0 Å². The minimum absolute atomic E-state index is 0.111. The molecule has 1 aliphatic carbocycles. The maximum absolute atomic E-state index is 13.1. The number of allylic oxidation sites excluding steroid dienone is 1. The Morgan fingerprint density at radius 1 is 1.00 bits per heavy atom. The van der Waals surface area contributed by atoms with Gasteiger partial charge in [0.15, 0.2) is 0 Å². The molecule has 0 heterocycles. The van der Waals surface area contributed by atoms with Crippen molar-refractivity contribution in [2.45, 2.75) is 64.2 Å². The third-order valence-electron chi connectivity index (χ3n) is 6.07. The van der Waals surface area contributed by atoms with E-state index in [1.807, 2.05) is 0 Å². The van der Waals surface area contributed by atoms with E-state index in [4.69, 9.17) is 0 Å². The topological polar surface area (TPSA) is 40.1 Å². The van der Waals surface area contributed by atoms with E-state index < -0.39 is 5.97 Å². The Balaban J connectivity index is 1.82. The summed E-state index contributed by atoms with van der Waals surface area (Å²) >= 11 is 0. The van der Waals surface area contributed by atoms with Gasteiger partial charge in [0.05, 0.1) is 5.97 Å². The van der Waals surface area contributed by atoms with Crippen LogP contribution >= 0.6 is 0 Å². The number of carboxylic acids is 1. The molecule has 2 aromatic carbocycles. The lowest BCUT2D eigenvalue weighted by Gasteiger charge is -2.42. The molecule has 0 aromatic heterocycles. The summed E-state index contributed by atoms with van der Waals surface area (Å²) < 4.78 is 13.1. The largest absolute Gasteiger partial charge is 0.545 e. The smallest absolute Gasteiger partial charge is 0.123 e. The molecule has 0 unspecified atom stereocenters. The molecule has 0 bridgehead atoms. The molecular weight excluding hydrogens is 351 g/mol. The van der Waals surface area contributed by atoms with E-state index in [-0.39, 0.29) is 22.2 Å². The molecule has 0 spiro atoms. The first-order valence-corrected chi connectivity index (χ1v) is 9.91. The normalized spacial score (nSPS) is 17.8. The number of aliphatic carboxylic acids is 1. The number of rotatable bonds is 5. The molecule has 0 aliphatic heterocycles. The van der Waals surface area contributed by atoms with Crippen LogP contribution in [0.15, 0.2) is 48.5 Å². The summed E-state index contributed by atoms with van der Waals surface area (Å²) in [5.41, 5.74) is 4.95. The van der Waals surface area contributed by atoms with Crippen LogP contribution in [0, 0.1) is 5.82 Å². The molecule has 148 valence electrons. The zero-order valence-electron chi connectivity index (χ0n) is 17.1. The number of carbonyl (C=O) groups excluding carboxylic acids is 1. The van der Waals surface area contributed by atoms with Gasteiger partial charge in [-0.15, -0.1) is 0 Å². The molecule has 0 fully saturated rings. The van der Waals surface area contributed by atoms with Gasteiger partial charge in [0, 0.05) is 5.57 Å². The van der Waals surface area contributed by atoms with Gasteiger partial charge in [-0.3, -0.25) is 0 Å². The van der Waals surface area contributed by atoms with E-state index in [1.165, 1.54) is 47.4 Å². The molecule has 3 heteroatoms. The second-order valence-electron chi connectivity index (χ2n) is 9.10. The molecule has 0 N–H and O–H groups in total. The van der Waals surface area contributed by atoms with Crippen molar-refractivity contribution in [2.75, 3.05) is 0 Å². The standard InChI is InChI=1S/C25H29FO2/c1-24(2)14-15-25(3,4)22-16-17(8-13-21(22)24)6-5-7-20(23(27)28)18-9-11-19(26)12-10-18/h7-13,16H,5-6,14-15H2,1-4H3,(H,27,28)/p-1/b20-7+. The number of aryl methyl sites for hydroxylation is 1. The number of halogens is 1. The van der Waals surface area contributed by atoms with Crippen LogP contribution in [0.1, 0.15) is 69.2 Å². The monoisotopic (exact) mass is 379 g/mol. The van der Waals surface area contributed by atoms with Crippen molar-refractivity contribution in [2.24, 2.45) is 0 Å². The fourth-order valence-electron chi connectivity index (χ4n) is 4.12. The number of carboxylic acid groups (broad SMARTS) is 1. The van der Waals surface area contributed by atoms with Crippen LogP contribution in [0.3, 0.4) is 0 Å². The average Bonchev–Trinajstić information content (AvgIpc) is 2.63. The first-order chi connectivity index (χ1) is 13.1. The predicted molar refractivity (Wildman–Crippen MR) is 109 cm³/mol. The van der Waals surface area contributed by atoms with Gasteiger partial charge in [-0.2, -0.15) is 0 Å². The Hall–Kier alpha value is -2.42. The van der Waals surface area contributed by atoms with E-state index in [0.717, 1.165) is 12.8 Å². The molecule has 1 aliphatic rings. The molecule has 3 rings (SSSR count). The molecule has 0 amide bonds. The quantitative estimate of drug-likeness (QED) is 0.690. The highest BCUT2D eigenvalue weighted by Crippen LogP contribution is 2.45. The first kappa shape index (κ1) is 20.3. The van der Waals surface area contributed by atoms with Gasteiger partial charge in [-0.25, -0.2) is 4.39 Å². The summed E-state index contributed by atoms with van der Waals surface area (Å²) in [6.07, 6.45) is 5.36. The predicted octanol–water partition coefficient (Wildman–Crippen LogP) is 4.94. The highest BCUT2D eigenvalue weighted by Gasteiger charge is 2.36. The highest BCUT2D eigenvalue weighted by molar-refractivity contribution is 6.14. The SMILES string of the molecule is CC1(C)CCC(C)(C)c2cc(CC/C=C(/C(=O)[O-])c3ccc(F)cc3)ccc21. The second kappa shape index (κ2) is 7.54.